The molecule has 1 aromatic heterocycles. The summed E-state index contributed by atoms with van der Waals surface area (Å²) in [6.07, 6.45) is -5.28. The number of hydrogen-bond donors (Lipinski definition) is 1. The van der Waals surface area contributed by atoms with Gasteiger partial charge < -0.3 is 10.1 Å². The van der Waals surface area contributed by atoms with Crippen LogP contribution in [0.2, 0.25) is 0 Å². The maximum absolute atomic E-state index is 12.9. The SMILES string of the molecule is CC(=O)c1cc(C(F)(F)F)nn1-c1cccc(CNC(=O)OC(C)(C)C)c1. The summed E-state index contributed by atoms with van der Waals surface area (Å²) in [5, 5.41) is 6.08. The number of ether oxygens (including phenoxy) is 1. The van der Waals surface area contributed by atoms with E-state index in [2.05, 4.69) is 10.4 Å². The molecule has 0 aliphatic carbocycles. The van der Waals surface area contributed by atoms with E-state index in [1.54, 1.807) is 32.9 Å². The average Bonchev–Trinajstić information content (AvgIpc) is 2.97. The summed E-state index contributed by atoms with van der Waals surface area (Å²) in [4.78, 5) is 23.4. The number of carbonyl (C=O) groups excluding carboxylic acids is 2. The Labute approximate surface area is 154 Å². The number of alkyl halides is 3. The van der Waals surface area contributed by atoms with E-state index in [4.69, 9.17) is 4.74 Å². The van der Waals surface area contributed by atoms with Crippen LogP contribution in [0.25, 0.3) is 5.69 Å². The molecular weight excluding hydrogens is 363 g/mol. The zero-order valence-corrected chi connectivity index (χ0v) is 15.3. The summed E-state index contributed by atoms with van der Waals surface area (Å²) >= 11 is 0. The molecule has 9 heteroatoms. The highest BCUT2D eigenvalue weighted by molar-refractivity contribution is 5.93. The number of rotatable bonds is 4. The molecule has 0 fully saturated rings. The Balaban J connectivity index is 2.26. The Kier molecular flexibility index (Phi) is 5.62. The molecule has 0 saturated carbocycles. The molecular formula is C18H20F3N3O3. The number of ketones is 1. The van der Waals surface area contributed by atoms with Crippen LogP contribution in [-0.4, -0.2) is 27.3 Å². The molecule has 0 aliphatic heterocycles. The second-order valence-corrected chi connectivity index (χ2v) is 6.91. The summed E-state index contributed by atoms with van der Waals surface area (Å²) in [6, 6.07) is 7.06. The number of benzene rings is 1. The Hall–Kier alpha value is -2.84. The van der Waals surface area contributed by atoms with Gasteiger partial charge in [0.25, 0.3) is 0 Å². The van der Waals surface area contributed by atoms with E-state index >= 15 is 0 Å². The average molecular weight is 383 g/mol. The lowest BCUT2D eigenvalue weighted by Gasteiger charge is -2.19. The number of aromatic nitrogens is 2. The van der Waals surface area contributed by atoms with Crippen molar-refractivity contribution in [3.8, 4) is 5.69 Å². The van der Waals surface area contributed by atoms with Gasteiger partial charge in [0.15, 0.2) is 11.5 Å². The fraction of sp³-hybridized carbons (Fsp3) is 0.389. The molecule has 2 rings (SSSR count). The molecule has 27 heavy (non-hydrogen) atoms. The highest BCUT2D eigenvalue weighted by Crippen LogP contribution is 2.29. The van der Waals surface area contributed by atoms with Crippen LogP contribution in [0.3, 0.4) is 0 Å². The van der Waals surface area contributed by atoms with Crippen molar-refractivity contribution in [3.63, 3.8) is 0 Å². The number of halogens is 3. The third-order valence-electron chi connectivity index (χ3n) is 3.35. The van der Waals surface area contributed by atoms with Crippen LogP contribution in [0, 0.1) is 0 Å². The smallest absolute Gasteiger partial charge is 0.435 e. The van der Waals surface area contributed by atoms with Gasteiger partial charge in [-0.2, -0.15) is 18.3 Å². The lowest BCUT2D eigenvalue weighted by atomic mass is 10.2. The Morgan fingerprint density at radius 1 is 1.19 bits per heavy atom. The van der Waals surface area contributed by atoms with Crippen molar-refractivity contribution in [1.82, 2.24) is 15.1 Å². The summed E-state index contributed by atoms with van der Waals surface area (Å²) in [7, 11) is 0. The van der Waals surface area contributed by atoms with Gasteiger partial charge in [-0.15, -0.1) is 0 Å². The Morgan fingerprint density at radius 3 is 2.41 bits per heavy atom. The first-order valence-electron chi connectivity index (χ1n) is 8.11. The van der Waals surface area contributed by atoms with E-state index in [0.29, 0.717) is 11.6 Å². The van der Waals surface area contributed by atoms with E-state index in [0.717, 1.165) is 4.68 Å². The van der Waals surface area contributed by atoms with Crippen molar-refractivity contribution in [2.24, 2.45) is 0 Å². The van der Waals surface area contributed by atoms with Crippen molar-refractivity contribution < 1.29 is 27.5 Å². The number of carbonyl (C=O) groups is 2. The van der Waals surface area contributed by atoms with Gasteiger partial charge in [0.1, 0.15) is 11.3 Å². The van der Waals surface area contributed by atoms with Crippen LogP contribution in [-0.2, 0) is 17.5 Å². The summed E-state index contributed by atoms with van der Waals surface area (Å²) in [6.45, 7) is 6.46. The monoisotopic (exact) mass is 383 g/mol. The van der Waals surface area contributed by atoms with Crippen LogP contribution in [0.5, 0.6) is 0 Å². The van der Waals surface area contributed by atoms with Crippen LogP contribution >= 0.6 is 0 Å². The van der Waals surface area contributed by atoms with Gasteiger partial charge in [-0.25, -0.2) is 9.48 Å². The van der Waals surface area contributed by atoms with E-state index in [9.17, 15) is 22.8 Å². The molecule has 1 heterocycles. The molecule has 0 aliphatic rings. The van der Waals surface area contributed by atoms with Crippen molar-refractivity contribution in [2.45, 2.75) is 46.0 Å². The van der Waals surface area contributed by atoms with Crippen LogP contribution < -0.4 is 5.32 Å². The van der Waals surface area contributed by atoms with E-state index in [-0.39, 0.29) is 17.9 Å². The summed E-state index contributed by atoms with van der Waals surface area (Å²) in [5.41, 5.74) is -1.09. The maximum Gasteiger partial charge on any atom is 0.435 e. The topological polar surface area (TPSA) is 73.2 Å². The van der Waals surface area contributed by atoms with Gasteiger partial charge >= 0.3 is 12.3 Å². The first-order valence-corrected chi connectivity index (χ1v) is 8.11. The summed E-state index contributed by atoms with van der Waals surface area (Å²) < 4.78 is 44.9. The van der Waals surface area contributed by atoms with Crippen molar-refractivity contribution >= 4 is 11.9 Å². The molecule has 0 saturated heterocycles. The first kappa shape index (κ1) is 20.5. The standard InChI is InChI=1S/C18H20F3N3O3/c1-11(25)14-9-15(18(19,20)21)23-24(14)13-7-5-6-12(8-13)10-22-16(26)27-17(2,3)4/h5-9H,10H2,1-4H3,(H,22,26). The third-order valence-corrected chi connectivity index (χ3v) is 3.35. The lowest BCUT2D eigenvalue weighted by molar-refractivity contribution is -0.141. The van der Waals surface area contributed by atoms with E-state index in [1.807, 2.05) is 0 Å². The van der Waals surface area contributed by atoms with E-state index in [1.165, 1.54) is 19.1 Å². The minimum Gasteiger partial charge on any atom is -0.444 e. The second kappa shape index (κ2) is 7.42. The molecule has 1 aromatic carbocycles. The molecule has 0 spiro atoms. The predicted octanol–water partition coefficient (Wildman–Crippen LogP) is 4.12. The van der Waals surface area contributed by atoms with Gasteiger partial charge in [-0.05, 0) is 38.5 Å². The number of hydrogen-bond acceptors (Lipinski definition) is 4. The highest BCUT2D eigenvalue weighted by atomic mass is 19.4. The molecule has 0 radical (unpaired) electrons. The molecule has 146 valence electrons. The fourth-order valence-corrected chi connectivity index (χ4v) is 2.25. The minimum atomic E-state index is -4.66. The van der Waals surface area contributed by atoms with Gasteiger partial charge in [0.05, 0.1) is 5.69 Å². The molecule has 0 unspecified atom stereocenters. The Morgan fingerprint density at radius 2 is 1.85 bits per heavy atom. The van der Waals surface area contributed by atoms with Crippen LogP contribution in [0.4, 0.5) is 18.0 Å². The molecule has 2 aromatic rings. The molecule has 1 amide bonds. The zero-order chi connectivity index (χ0) is 20.4. The number of nitrogens with one attached hydrogen (secondary N) is 1. The highest BCUT2D eigenvalue weighted by Gasteiger charge is 2.35. The predicted molar refractivity (Wildman–Crippen MR) is 91.6 cm³/mol. The van der Waals surface area contributed by atoms with Crippen LogP contribution in [0.15, 0.2) is 30.3 Å². The summed E-state index contributed by atoms with van der Waals surface area (Å²) in [5.74, 6) is -0.546. The normalized spacial score (nSPS) is 12.0. The number of alkyl carbamates (subject to hydrolysis) is 1. The largest absolute Gasteiger partial charge is 0.444 e. The molecule has 1 N–H and O–H groups in total. The lowest BCUT2D eigenvalue weighted by Crippen LogP contribution is -2.32. The van der Waals surface area contributed by atoms with Crippen molar-refractivity contribution in [3.05, 3.63) is 47.3 Å². The number of Topliss-reactive ketones (excluding diaryl/α,β-unsaturated/α-hetero) is 1. The Bertz CT molecular complexity index is 852. The second-order valence-electron chi connectivity index (χ2n) is 6.91. The minimum absolute atomic E-state index is 0.103. The molecule has 0 atom stereocenters. The third kappa shape index (κ3) is 5.57. The van der Waals surface area contributed by atoms with Gasteiger partial charge in [0, 0.05) is 19.5 Å². The van der Waals surface area contributed by atoms with Crippen LogP contribution in [0.1, 0.15) is 49.4 Å². The van der Waals surface area contributed by atoms with Gasteiger partial charge in [-0.1, -0.05) is 12.1 Å². The van der Waals surface area contributed by atoms with Crippen molar-refractivity contribution in [2.75, 3.05) is 0 Å². The van der Waals surface area contributed by atoms with E-state index < -0.39 is 29.3 Å². The quantitative estimate of drug-likeness (QED) is 0.806. The molecule has 0 bridgehead atoms. The number of nitrogens with zero attached hydrogens (tertiary/aromatic N) is 2. The maximum atomic E-state index is 12.9. The van der Waals surface area contributed by atoms with Gasteiger partial charge in [-0.3, -0.25) is 4.79 Å². The fourth-order valence-electron chi connectivity index (χ4n) is 2.25. The molecule has 6 nitrogen and oxygen atoms in total. The van der Waals surface area contributed by atoms with Crippen molar-refractivity contribution in [1.29, 1.82) is 0 Å². The van der Waals surface area contributed by atoms with Gasteiger partial charge in [0.2, 0.25) is 0 Å². The first-order chi connectivity index (χ1) is 12.4. The zero-order valence-electron chi connectivity index (χ0n) is 15.3. The number of amides is 1.